The summed E-state index contributed by atoms with van der Waals surface area (Å²) in [6.45, 7) is 7.54. The molecule has 2 aliphatic heterocycles. The van der Waals surface area contributed by atoms with Crippen LogP contribution in [0.2, 0.25) is 0 Å². The van der Waals surface area contributed by atoms with Gasteiger partial charge in [-0.1, -0.05) is 23.3 Å². The molecule has 204 valence electrons. The lowest BCUT2D eigenvalue weighted by molar-refractivity contribution is -0.134. The van der Waals surface area contributed by atoms with Crippen molar-refractivity contribution in [1.82, 2.24) is 25.1 Å². The van der Waals surface area contributed by atoms with Crippen molar-refractivity contribution in [2.75, 3.05) is 36.9 Å². The van der Waals surface area contributed by atoms with E-state index in [4.69, 9.17) is 9.47 Å². The number of benzene rings is 2. The first kappa shape index (κ1) is 26.2. The average molecular weight is 532 g/mol. The number of carbonyl (C=O) groups is 2. The van der Waals surface area contributed by atoms with Gasteiger partial charge < -0.3 is 25.0 Å². The number of rotatable bonds is 8. The first-order chi connectivity index (χ1) is 18.9. The summed E-state index contributed by atoms with van der Waals surface area (Å²) in [5.41, 5.74) is 3.57. The molecule has 1 unspecified atom stereocenters. The standard InChI is InChI=1S/C28H33N7O4/c1-4-38-23-16-20(11-12-22(23)39-17-24(36)34-13-6-5-7-14-34)26-25(19(3)29-28-31-32-33-35(26)28)27(37)30-21-10-8-9-18(2)15-21/h8-12,15-16,26H,4-7,13-14,17H2,1-3H3,(H,30,37)(H,29,31,33). The number of anilines is 2. The molecule has 2 aromatic carbocycles. The summed E-state index contributed by atoms with van der Waals surface area (Å²) >= 11 is 0. The number of nitrogens with zero attached hydrogens (tertiary/aromatic N) is 5. The Balaban J connectivity index is 1.44. The maximum Gasteiger partial charge on any atom is 0.260 e. The van der Waals surface area contributed by atoms with Crippen LogP contribution in [0, 0.1) is 6.92 Å². The van der Waals surface area contributed by atoms with Gasteiger partial charge in [-0.3, -0.25) is 9.59 Å². The lowest BCUT2D eigenvalue weighted by Crippen LogP contribution is -2.38. The van der Waals surface area contributed by atoms with Gasteiger partial charge in [-0.2, -0.15) is 4.68 Å². The van der Waals surface area contributed by atoms with E-state index < -0.39 is 6.04 Å². The van der Waals surface area contributed by atoms with E-state index in [2.05, 4.69) is 26.2 Å². The minimum atomic E-state index is -0.621. The molecular formula is C28H33N7O4. The van der Waals surface area contributed by atoms with Gasteiger partial charge in [0.25, 0.3) is 11.8 Å². The minimum absolute atomic E-state index is 0.0356. The van der Waals surface area contributed by atoms with Crippen molar-refractivity contribution in [1.29, 1.82) is 0 Å². The number of fused-ring (bicyclic) bond motifs is 1. The van der Waals surface area contributed by atoms with Crippen molar-refractivity contribution in [3.05, 3.63) is 64.9 Å². The molecule has 2 aliphatic rings. The van der Waals surface area contributed by atoms with Gasteiger partial charge in [0.05, 0.1) is 12.2 Å². The molecule has 0 bridgehead atoms. The number of likely N-dealkylation sites (tertiary alicyclic amines) is 1. The van der Waals surface area contributed by atoms with Crippen molar-refractivity contribution in [3.63, 3.8) is 0 Å². The van der Waals surface area contributed by atoms with Crippen LogP contribution in [0.5, 0.6) is 11.5 Å². The summed E-state index contributed by atoms with van der Waals surface area (Å²) in [5.74, 6) is 1.05. The Bertz CT molecular complexity index is 1390. The molecule has 1 atom stereocenters. The fraction of sp³-hybridized carbons (Fsp3) is 0.393. The smallest absolute Gasteiger partial charge is 0.260 e. The van der Waals surface area contributed by atoms with Crippen molar-refractivity contribution >= 4 is 23.5 Å². The molecule has 0 radical (unpaired) electrons. The Morgan fingerprint density at radius 3 is 2.64 bits per heavy atom. The average Bonchev–Trinajstić information content (AvgIpc) is 3.40. The fourth-order valence-corrected chi connectivity index (χ4v) is 4.99. The van der Waals surface area contributed by atoms with Gasteiger partial charge in [0.1, 0.15) is 6.04 Å². The van der Waals surface area contributed by atoms with Crippen LogP contribution in [0.15, 0.2) is 53.7 Å². The number of allylic oxidation sites excluding steroid dienone is 1. The van der Waals surface area contributed by atoms with Crippen molar-refractivity contribution in [3.8, 4) is 11.5 Å². The summed E-state index contributed by atoms with van der Waals surface area (Å²) in [4.78, 5) is 28.1. The molecule has 5 rings (SSSR count). The molecule has 3 aromatic rings. The van der Waals surface area contributed by atoms with Crippen LogP contribution in [0.1, 0.15) is 50.3 Å². The Morgan fingerprint density at radius 1 is 1.05 bits per heavy atom. The van der Waals surface area contributed by atoms with E-state index in [-0.39, 0.29) is 18.4 Å². The third-order valence-electron chi connectivity index (χ3n) is 6.88. The highest BCUT2D eigenvalue weighted by atomic mass is 16.5. The Kier molecular flexibility index (Phi) is 7.76. The zero-order valence-electron chi connectivity index (χ0n) is 22.4. The van der Waals surface area contributed by atoms with Crippen LogP contribution in [0.4, 0.5) is 11.6 Å². The van der Waals surface area contributed by atoms with Gasteiger partial charge in [-0.05, 0) is 85.9 Å². The van der Waals surface area contributed by atoms with Crippen LogP contribution in [0.25, 0.3) is 0 Å². The fourth-order valence-electron chi connectivity index (χ4n) is 4.99. The lowest BCUT2D eigenvalue weighted by Gasteiger charge is -2.28. The highest BCUT2D eigenvalue weighted by Crippen LogP contribution is 2.39. The normalized spacial score (nSPS) is 16.8. The molecule has 3 heterocycles. The first-order valence-electron chi connectivity index (χ1n) is 13.3. The second kappa shape index (κ2) is 11.5. The summed E-state index contributed by atoms with van der Waals surface area (Å²) in [5, 5.41) is 18.2. The Hall–Kier alpha value is -4.41. The minimum Gasteiger partial charge on any atom is -0.490 e. The molecule has 0 aliphatic carbocycles. The number of aromatic nitrogens is 4. The monoisotopic (exact) mass is 531 g/mol. The number of hydrogen-bond acceptors (Lipinski definition) is 8. The van der Waals surface area contributed by atoms with E-state index in [0.717, 1.165) is 43.5 Å². The second-order valence-electron chi connectivity index (χ2n) is 9.71. The molecule has 1 saturated heterocycles. The summed E-state index contributed by atoms with van der Waals surface area (Å²) in [7, 11) is 0. The van der Waals surface area contributed by atoms with Gasteiger partial charge in [-0.25, -0.2) is 0 Å². The molecule has 1 fully saturated rings. The number of amides is 2. The molecular weight excluding hydrogens is 498 g/mol. The van der Waals surface area contributed by atoms with Crippen molar-refractivity contribution < 1.29 is 19.1 Å². The molecule has 39 heavy (non-hydrogen) atoms. The highest BCUT2D eigenvalue weighted by molar-refractivity contribution is 6.06. The third kappa shape index (κ3) is 5.71. The van der Waals surface area contributed by atoms with E-state index in [1.165, 1.54) is 0 Å². The molecule has 0 spiro atoms. The van der Waals surface area contributed by atoms with Gasteiger partial charge >= 0.3 is 0 Å². The highest BCUT2D eigenvalue weighted by Gasteiger charge is 2.34. The molecule has 11 heteroatoms. The number of piperidine rings is 1. The SMILES string of the molecule is CCOc1cc(C2C(C(=O)Nc3cccc(C)c3)=C(C)Nc3nnnn32)ccc1OCC(=O)N1CCCCC1. The van der Waals surface area contributed by atoms with Gasteiger partial charge in [0.15, 0.2) is 18.1 Å². The van der Waals surface area contributed by atoms with Gasteiger partial charge in [-0.15, -0.1) is 0 Å². The molecule has 1 aromatic heterocycles. The number of tetrazole rings is 1. The van der Waals surface area contributed by atoms with Crippen LogP contribution in [-0.2, 0) is 9.59 Å². The second-order valence-corrected chi connectivity index (χ2v) is 9.71. The number of ether oxygens (including phenoxy) is 2. The predicted octanol–water partition coefficient (Wildman–Crippen LogP) is 3.70. The van der Waals surface area contributed by atoms with E-state index in [0.29, 0.717) is 41.0 Å². The van der Waals surface area contributed by atoms with Crippen LogP contribution in [-0.4, -0.2) is 63.2 Å². The van der Waals surface area contributed by atoms with E-state index in [9.17, 15) is 9.59 Å². The molecule has 2 amide bonds. The zero-order chi connectivity index (χ0) is 27.4. The molecule has 11 nitrogen and oxygen atoms in total. The van der Waals surface area contributed by atoms with E-state index in [1.54, 1.807) is 10.7 Å². The number of hydrogen-bond donors (Lipinski definition) is 2. The third-order valence-corrected chi connectivity index (χ3v) is 6.88. The Labute approximate surface area is 227 Å². The molecule has 0 saturated carbocycles. The van der Waals surface area contributed by atoms with Crippen LogP contribution >= 0.6 is 0 Å². The van der Waals surface area contributed by atoms with Crippen LogP contribution in [0.3, 0.4) is 0 Å². The molecule has 2 N–H and O–H groups in total. The lowest BCUT2D eigenvalue weighted by atomic mass is 9.94. The number of carbonyl (C=O) groups excluding carboxylic acids is 2. The summed E-state index contributed by atoms with van der Waals surface area (Å²) in [6, 6.07) is 12.4. The predicted molar refractivity (Wildman–Crippen MR) is 146 cm³/mol. The van der Waals surface area contributed by atoms with E-state index >= 15 is 0 Å². The zero-order valence-corrected chi connectivity index (χ0v) is 22.4. The van der Waals surface area contributed by atoms with Gasteiger partial charge in [0, 0.05) is 24.5 Å². The summed E-state index contributed by atoms with van der Waals surface area (Å²) in [6.07, 6.45) is 3.19. The number of aryl methyl sites for hydroxylation is 1. The van der Waals surface area contributed by atoms with Crippen LogP contribution < -0.4 is 20.1 Å². The van der Waals surface area contributed by atoms with Crippen molar-refractivity contribution in [2.45, 2.75) is 46.1 Å². The quantitative estimate of drug-likeness (QED) is 0.451. The first-order valence-corrected chi connectivity index (χ1v) is 13.3. The van der Waals surface area contributed by atoms with Gasteiger partial charge in [0.2, 0.25) is 5.95 Å². The number of nitrogens with one attached hydrogen (secondary N) is 2. The van der Waals surface area contributed by atoms with E-state index in [1.807, 2.05) is 62.1 Å². The topological polar surface area (TPSA) is 124 Å². The maximum atomic E-state index is 13.6. The maximum absolute atomic E-state index is 13.6. The largest absolute Gasteiger partial charge is 0.490 e. The Morgan fingerprint density at radius 2 is 1.87 bits per heavy atom. The van der Waals surface area contributed by atoms with Crippen molar-refractivity contribution in [2.24, 2.45) is 0 Å². The summed E-state index contributed by atoms with van der Waals surface area (Å²) < 4.78 is 13.4.